The molecule has 0 aliphatic heterocycles. The SMILES string of the molecule is C=CCOCc1cccc2ccc3cccn3c12. The van der Waals surface area contributed by atoms with Crippen LogP contribution in [0.25, 0.3) is 16.4 Å². The summed E-state index contributed by atoms with van der Waals surface area (Å²) in [6.45, 7) is 4.86. The van der Waals surface area contributed by atoms with E-state index in [4.69, 9.17) is 4.74 Å². The van der Waals surface area contributed by atoms with E-state index in [1.807, 2.05) is 0 Å². The minimum Gasteiger partial charge on any atom is -0.373 e. The second-order valence-corrected chi connectivity index (χ2v) is 4.30. The number of rotatable bonds is 4. The number of pyridine rings is 1. The van der Waals surface area contributed by atoms with Gasteiger partial charge in [0.05, 0.1) is 18.7 Å². The van der Waals surface area contributed by atoms with Gasteiger partial charge in [-0.1, -0.05) is 30.3 Å². The number of hydrogen-bond acceptors (Lipinski definition) is 1. The molecule has 0 aliphatic carbocycles. The van der Waals surface area contributed by atoms with Gasteiger partial charge in [-0.3, -0.25) is 0 Å². The summed E-state index contributed by atoms with van der Waals surface area (Å²) < 4.78 is 7.78. The van der Waals surface area contributed by atoms with Crippen molar-refractivity contribution in [2.45, 2.75) is 6.61 Å². The second kappa shape index (κ2) is 4.67. The van der Waals surface area contributed by atoms with E-state index in [-0.39, 0.29) is 0 Å². The average molecular weight is 237 g/mol. The number of ether oxygens (including phenoxy) is 1. The van der Waals surface area contributed by atoms with Crippen molar-refractivity contribution in [2.24, 2.45) is 0 Å². The molecule has 0 unspecified atom stereocenters. The first-order valence-corrected chi connectivity index (χ1v) is 6.06. The lowest BCUT2D eigenvalue weighted by molar-refractivity contribution is 0.149. The second-order valence-electron chi connectivity index (χ2n) is 4.30. The third kappa shape index (κ3) is 1.81. The standard InChI is InChI=1S/C16H15NO/c1-2-11-18-12-14-6-3-5-13-8-9-15-7-4-10-17(15)16(13)14/h2-10H,1,11-12H2. The van der Waals surface area contributed by atoms with Gasteiger partial charge in [-0.25, -0.2) is 0 Å². The molecule has 0 fully saturated rings. The Labute approximate surface area is 106 Å². The molecule has 3 aromatic rings. The summed E-state index contributed by atoms with van der Waals surface area (Å²) in [5.41, 5.74) is 3.64. The summed E-state index contributed by atoms with van der Waals surface area (Å²) in [6.07, 6.45) is 3.87. The minimum absolute atomic E-state index is 0.581. The van der Waals surface area contributed by atoms with E-state index in [1.54, 1.807) is 6.08 Å². The van der Waals surface area contributed by atoms with Gasteiger partial charge in [0.2, 0.25) is 0 Å². The smallest absolute Gasteiger partial charge is 0.0741 e. The van der Waals surface area contributed by atoms with Gasteiger partial charge in [-0.2, -0.15) is 0 Å². The lowest BCUT2D eigenvalue weighted by Crippen LogP contribution is -1.97. The summed E-state index contributed by atoms with van der Waals surface area (Å²) in [5.74, 6) is 0. The van der Waals surface area contributed by atoms with Gasteiger partial charge < -0.3 is 9.14 Å². The molecular formula is C16H15NO. The van der Waals surface area contributed by atoms with Crippen molar-refractivity contribution >= 4 is 16.4 Å². The molecule has 0 bridgehead atoms. The zero-order valence-electron chi connectivity index (χ0n) is 10.2. The highest BCUT2D eigenvalue weighted by molar-refractivity contribution is 5.85. The first kappa shape index (κ1) is 11.1. The monoisotopic (exact) mass is 237 g/mol. The van der Waals surface area contributed by atoms with Crippen LogP contribution < -0.4 is 0 Å². The van der Waals surface area contributed by atoms with Crippen LogP contribution in [-0.2, 0) is 11.3 Å². The van der Waals surface area contributed by atoms with Crippen molar-refractivity contribution in [3.8, 4) is 0 Å². The lowest BCUT2D eigenvalue weighted by atomic mass is 10.1. The van der Waals surface area contributed by atoms with Crippen molar-refractivity contribution in [2.75, 3.05) is 6.61 Å². The number of nitrogens with zero attached hydrogens (tertiary/aromatic N) is 1. The van der Waals surface area contributed by atoms with E-state index in [0.29, 0.717) is 13.2 Å². The van der Waals surface area contributed by atoms with Crippen LogP contribution in [0.5, 0.6) is 0 Å². The molecule has 2 heterocycles. The molecule has 0 spiro atoms. The number of hydrogen-bond donors (Lipinski definition) is 0. The lowest BCUT2D eigenvalue weighted by Gasteiger charge is -2.09. The molecule has 2 heteroatoms. The van der Waals surface area contributed by atoms with Crippen molar-refractivity contribution in [3.05, 3.63) is 66.9 Å². The summed E-state index contributed by atoms with van der Waals surface area (Å²) in [5, 5.41) is 1.23. The maximum atomic E-state index is 5.57. The van der Waals surface area contributed by atoms with Crippen LogP contribution in [0.2, 0.25) is 0 Å². The Morgan fingerprint density at radius 3 is 2.94 bits per heavy atom. The van der Waals surface area contributed by atoms with E-state index in [0.717, 1.165) is 0 Å². The molecule has 2 aromatic heterocycles. The molecule has 1 aromatic carbocycles. The van der Waals surface area contributed by atoms with Gasteiger partial charge in [0.15, 0.2) is 0 Å². The highest BCUT2D eigenvalue weighted by Crippen LogP contribution is 2.22. The van der Waals surface area contributed by atoms with Crippen LogP contribution in [0, 0.1) is 0 Å². The molecule has 0 saturated heterocycles. The Kier molecular flexibility index (Phi) is 2.87. The fourth-order valence-electron chi connectivity index (χ4n) is 2.32. The van der Waals surface area contributed by atoms with Crippen molar-refractivity contribution in [3.63, 3.8) is 0 Å². The van der Waals surface area contributed by atoms with E-state index in [1.165, 1.54) is 22.0 Å². The molecule has 0 N–H and O–H groups in total. The predicted molar refractivity (Wildman–Crippen MR) is 74.8 cm³/mol. The highest BCUT2D eigenvalue weighted by Gasteiger charge is 2.04. The summed E-state index contributed by atoms with van der Waals surface area (Å²) in [4.78, 5) is 0. The fraction of sp³-hybridized carbons (Fsp3) is 0.125. The Bertz CT molecular complexity index is 696. The zero-order chi connectivity index (χ0) is 12.4. The summed E-state index contributed by atoms with van der Waals surface area (Å²) in [7, 11) is 0. The Hall–Kier alpha value is -2.06. The van der Waals surface area contributed by atoms with E-state index < -0.39 is 0 Å². The van der Waals surface area contributed by atoms with Crippen molar-refractivity contribution in [1.82, 2.24) is 4.40 Å². The third-order valence-electron chi connectivity index (χ3n) is 3.10. The molecule has 18 heavy (non-hydrogen) atoms. The minimum atomic E-state index is 0.581. The van der Waals surface area contributed by atoms with Crippen LogP contribution >= 0.6 is 0 Å². The van der Waals surface area contributed by atoms with E-state index >= 15 is 0 Å². The molecule has 0 aliphatic rings. The van der Waals surface area contributed by atoms with Crippen LogP contribution in [0.15, 0.2) is 61.3 Å². The molecule has 0 radical (unpaired) electrons. The highest BCUT2D eigenvalue weighted by atomic mass is 16.5. The Balaban J connectivity index is 2.17. The summed E-state index contributed by atoms with van der Waals surface area (Å²) >= 11 is 0. The maximum Gasteiger partial charge on any atom is 0.0741 e. The fourth-order valence-corrected chi connectivity index (χ4v) is 2.32. The Morgan fingerprint density at radius 2 is 2.06 bits per heavy atom. The number of benzene rings is 1. The van der Waals surface area contributed by atoms with Gasteiger partial charge in [-0.15, -0.1) is 6.58 Å². The Morgan fingerprint density at radius 1 is 1.11 bits per heavy atom. The first-order chi connectivity index (χ1) is 8.90. The normalized spacial score (nSPS) is 11.1. The van der Waals surface area contributed by atoms with Crippen LogP contribution in [0.3, 0.4) is 0 Å². The van der Waals surface area contributed by atoms with Gasteiger partial charge in [0.25, 0.3) is 0 Å². The van der Waals surface area contributed by atoms with E-state index in [9.17, 15) is 0 Å². The van der Waals surface area contributed by atoms with Crippen LogP contribution in [-0.4, -0.2) is 11.0 Å². The maximum absolute atomic E-state index is 5.57. The molecule has 0 atom stereocenters. The average Bonchev–Trinajstić information content (AvgIpc) is 2.87. The van der Waals surface area contributed by atoms with Crippen LogP contribution in [0.1, 0.15) is 5.56 Å². The number of aromatic nitrogens is 1. The molecule has 90 valence electrons. The van der Waals surface area contributed by atoms with Gasteiger partial charge in [-0.05, 0) is 23.6 Å². The molecule has 3 rings (SSSR count). The molecule has 0 amide bonds. The zero-order valence-corrected chi connectivity index (χ0v) is 10.2. The molecule has 2 nitrogen and oxygen atoms in total. The quantitative estimate of drug-likeness (QED) is 0.497. The van der Waals surface area contributed by atoms with E-state index in [2.05, 4.69) is 59.6 Å². The predicted octanol–water partition coefficient (Wildman–Crippen LogP) is 3.80. The largest absolute Gasteiger partial charge is 0.373 e. The summed E-state index contributed by atoms with van der Waals surface area (Å²) in [6, 6.07) is 14.8. The first-order valence-electron chi connectivity index (χ1n) is 6.06. The van der Waals surface area contributed by atoms with Crippen molar-refractivity contribution < 1.29 is 4.74 Å². The molecular weight excluding hydrogens is 222 g/mol. The molecule has 0 saturated carbocycles. The van der Waals surface area contributed by atoms with Crippen molar-refractivity contribution in [1.29, 1.82) is 0 Å². The topological polar surface area (TPSA) is 13.6 Å². The number of fused-ring (bicyclic) bond motifs is 3. The third-order valence-corrected chi connectivity index (χ3v) is 3.10. The number of para-hydroxylation sites is 1. The van der Waals surface area contributed by atoms with Crippen LogP contribution in [0.4, 0.5) is 0 Å². The van der Waals surface area contributed by atoms with Gasteiger partial charge in [0, 0.05) is 17.3 Å². The van der Waals surface area contributed by atoms with Gasteiger partial charge in [0.1, 0.15) is 0 Å². The van der Waals surface area contributed by atoms with Gasteiger partial charge >= 0.3 is 0 Å².